The molecule has 2 rings (SSSR count). The summed E-state index contributed by atoms with van der Waals surface area (Å²) in [7, 11) is 0. The Morgan fingerprint density at radius 1 is 1.53 bits per heavy atom. The van der Waals surface area contributed by atoms with E-state index in [1.165, 1.54) is 0 Å². The van der Waals surface area contributed by atoms with E-state index in [1.807, 2.05) is 0 Å². The van der Waals surface area contributed by atoms with Gasteiger partial charge in [0.1, 0.15) is 0 Å². The van der Waals surface area contributed by atoms with E-state index in [1.54, 1.807) is 0 Å². The van der Waals surface area contributed by atoms with Gasteiger partial charge in [-0.25, -0.2) is 0 Å². The Labute approximate surface area is 89.5 Å². The zero-order chi connectivity index (χ0) is 10.8. The van der Waals surface area contributed by atoms with Gasteiger partial charge in [0.15, 0.2) is 0 Å². The van der Waals surface area contributed by atoms with Crippen LogP contribution in [0, 0.1) is 17.2 Å². The Hall–Kier alpha value is -1.08. The standard InChI is InChI=1S/C11H16N2O2/c12-5-1-2-6-13-8-3-4-10(13)9(7-8)11(14)15/h8-10H,1-4,6-7H2,(H,14,15). The topological polar surface area (TPSA) is 64.3 Å². The van der Waals surface area contributed by atoms with E-state index in [0.717, 1.165) is 32.2 Å². The third kappa shape index (κ3) is 1.84. The molecule has 0 aromatic heterocycles. The van der Waals surface area contributed by atoms with E-state index in [2.05, 4.69) is 11.0 Å². The molecule has 4 nitrogen and oxygen atoms in total. The number of nitrogens with zero attached hydrogens (tertiary/aromatic N) is 2. The Kier molecular flexibility index (Phi) is 2.92. The lowest BCUT2D eigenvalue weighted by Gasteiger charge is -2.21. The molecule has 82 valence electrons. The quantitative estimate of drug-likeness (QED) is 0.706. The number of carboxylic acids is 1. The summed E-state index contributed by atoms with van der Waals surface area (Å²) in [6, 6.07) is 2.84. The van der Waals surface area contributed by atoms with Gasteiger partial charge < -0.3 is 5.11 Å². The lowest BCUT2D eigenvalue weighted by Crippen LogP contribution is -2.33. The van der Waals surface area contributed by atoms with Crippen LogP contribution in [0.15, 0.2) is 0 Å². The average Bonchev–Trinajstić information content (AvgIpc) is 2.75. The number of unbranched alkanes of at least 4 members (excludes halogenated alkanes) is 1. The molecule has 1 N–H and O–H groups in total. The number of rotatable bonds is 4. The van der Waals surface area contributed by atoms with Crippen molar-refractivity contribution < 1.29 is 9.90 Å². The molecule has 15 heavy (non-hydrogen) atoms. The normalized spacial score (nSPS) is 34.2. The smallest absolute Gasteiger partial charge is 0.308 e. The summed E-state index contributed by atoms with van der Waals surface area (Å²) in [5.74, 6) is -0.807. The van der Waals surface area contributed by atoms with Crippen molar-refractivity contribution in [3.05, 3.63) is 0 Å². The summed E-state index contributed by atoms with van der Waals surface area (Å²) < 4.78 is 0. The lowest BCUT2D eigenvalue weighted by molar-refractivity contribution is -0.142. The lowest BCUT2D eigenvalue weighted by atomic mass is 9.89. The van der Waals surface area contributed by atoms with Gasteiger partial charge in [0.25, 0.3) is 0 Å². The SMILES string of the molecule is N#CCCCN1C2CCC1C(C(=O)O)C2. The zero-order valence-corrected chi connectivity index (χ0v) is 8.72. The van der Waals surface area contributed by atoms with Gasteiger partial charge in [-0.15, -0.1) is 0 Å². The molecule has 0 spiro atoms. The Bertz CT molecular complexity index is 297. The first-order chi connectivity index (χ1) is 7.24. The maximum absolute atomic E-state index is 11.0. The van der Waals surface area contributed by atoms with Gasteiger partial charge in [-0.1, -0.05) is 0 Å². The summed E-state index contributed by atoms with van der Waals surface area (Å²) in [6.07, 6.45) is 4.42. The molecule has 0 aliphatic carbocycles. The second-order valence-corrected chi connectivity index (χ2v) is 4.48. The molecule has 2 aliphatic heterocycles. The molecule has 0 aromatic rings. The molecule has 0 amide bonds. The van der Waals surface area contributed by atoms with Gasteiger partial charge in [0.05, 0.1) is 12.0 Å². The molecule has 2 bridgehead atoms. The van der Waals surface area contributed by atoms with Crippen LogP contribution in [-0.2, 0) is 4.79 Å². The molecule has 2 aliphatic rings. The summed E-state index contributed by atoms with van der Waals surface area (Å²) >= 11 is 0. The zero-order valence-electron chi connectivity index (χ0n) is 8.72. The molecule has 0 aromatic carbocycles. The maximum atomic E-state index is 11.0. The van der Waals surface area contributed by atoms with Crippen LogP contribution >= 0.6 is 0 Å². The number of fused-ring (bicyclic) bond motifs is 2. The monoisotopic (exact) mass is 208 g/mol. The van der Waals surface area contributed by atoms with E-state index >= 15 is 0 Å². The van der Waals surface area contributed by atoms with Crippen LogP contribution in [0.3, 0.4) is 0 Å². The van der Waals surface area contributed by atoms with Gasteiger partial charge in [-0.05, 0) is 32.2 Å². The van der Waals surface area contributed by atoms with Crippen molar-refractivity contribution >= 4 is 5.97 Å². The van der Waals surface area contributed by atoms with Crippen molar-refractivity contribution in [2.45, 2.75) is 44.2 Å². The predicted octanol–water partition coefficient (Wildman–Crippen LogP) is 1.23. The van der Waals surface area contributed by atoms with Crippen LogP contribution in [0.4, 0.5) is 0 Å². The van der Waals surface area contributed by atoms with Crippen molar-refractivity contribution in [3.63, 3.8) is 0 Å². The van der Waals surface area contributed by atoms with E-state index in [-0.39, 0.29) is 12.0 Å². The van der Waals surface area contributed by atoms with E-state index < -0.39 is 5.97 Å². The third-order valence-corrected chi connectivity index (χ3v) is 3.70. The summed E-state index contributed by atoms with van der Waals surface area (Å²) in [4.78, 5) is 13.3. The van der Waals surface area contributed by atoms with E-state index in [0.29, 0.717) is 12.5 Å². The van der Waals surface area contributed by atoms with Gasteiger partial charge in [0, 0.05) is 18.5 Å². The molecule has 2 saturated heterocycles. The first-order valence-corrected chi connectivity index (χ1v) is 5.59. The fourth-order valence-electron chi connectivity index (χ4n) is 3.06. The highest BCUT2D eigenvalue weighted by Gasteiger charge is 2.48. The molecular formula is C11H16N2O2. The third-order valence-electron chi connectivity index (χ3n) is 3.70. The number of aliphatic carboxylic acids is 1. The van der Waals surface area contributed by atoms with Gasteiger partial charge >= 0.3 is 5.97 Å². The molecule has 0 radical (unpaired) electrons. The van der Waals surface area contributed by atoms with Gasteiger partial charge in [-0.2, -0.15) is 5.26 Å². The van der Waals surface area contributed by atoms with Crippen molar-refractivity contribution in [1.29, 1.82) is 5.26 Å². The van der Waals surface area contributed by atoms with Crippen LogP contribution in [-0.4, -0.2) is 34.6 Å². The van der Waals surface area contributed by atoms with Crippen molar-refractivity contribution in [2.24, 2.45) is 5.92 Å². The minimum atomic E-state index is -0.646. The van der Waals surface area contributed by atoms with Crippen molar-refractivity contribution in [2.75, 3.05) is 6.54 Å². The second kappa shape index (κ2) is 4.19. The van der Waals surface area contributed by atoms with Crippen LogP contribution < -0.4 is 0 Å². The Morgan fingerprint density at radius 3 is 2.93 bits per heavy atom. The highest BCUT2D eigenvalue weighted by atomic mass is 16.4. The van der Waals surface area contributed by atoms with Crippen LogP contribution in [0.1, 0.15) is 32.1 Å². The van der Waals surface area contributed by atoms with Crippen LogP contribution in [0.25, 0.3) is 0 Å². The number of carbonyl (C=O) groups is 1. The minimum absolute atomic E-state index is 0.161. The number of hydrogen-bond donors (Lipinski definition) is 1. The molecule has 2 fully saturated rings. The largest absolute Gasteiger partial charge is 0.481 e. The number of nitriles is 1. The first kappa shape index (κ1) is 10.4. The Balaban J connectivity index is 1.92. The highest BCUT2D eigenvalue weighted by Crippen LogP contribution is 2.41. The molecule has 4 heteroatoms. The fraction of sp³-hybridized carbons (Fsp3) is 0.818. The fourth-order valence-corrected chi connectivity index (χ4v) is 3.06. The molecule has 3 unspecified atom stereocenters. The molecule has 0 saturated carbocycles. The number of carboxylic acid groups (broad SMARTS) is 1. The summed E-state index contributed by atoms with van der Waals surface area (Å²) in [5, 5.41) is 17.5. The predicted molar refractivity (Wildman–Crippen MR) is 54.1 cm³/mol. The molecular weight excluding hydrogens is 192 g/mol. The van der Waals surface area contributed by atoms with Crippen LogP contribution in [0.2, 0.25) is 0 Å². The second-order valence-electron chi connectivity index (χ2n) is 4.48. The molecule has 2 heterocycles. The Morgan fingerprint density at radius 2 is 2.33 bits per heavy atom. The van der Waals surface area contributed by atoms with E-state index in [9.17, 15) is 4.79 Å². The van der Waals surface area contributed by atoms with Crippen molar-refractivity contribution in [3.8, 4) is 6.07 Å². The van der Waals surface area contributed by atoms with E-state index in [4.69, 9.17) is 10.4 Å². The van der Waals surface area contributed by atoms with Gasteiger partial charge in [-0.3, -0.25) is 9.69 Å². The summed E-state index contributed by atoms with van der Waals surface area (Å²) in [6.45, 7) is 0.896. The van der Waals surface area contributed by atoms with Crippen molar-refractivity contribution in [1.82, 2.24) is 4.90 Å². The summed E-state index contributed by atoms with van der Waals surface area (Å²) in [5.41, 5.74) is 0. The first-order valence-electron chi connectivity index (χ1n) is 5.59. The van der Waals surface area contributed by atoms with Crippen LogP contribution in [0.5, 0.6) is 0 Å². The van der Waals surface area contributed by atoms with Gasteiger partial charge in [0.2, 0.25) is 0 Å². The highest BCUT2D eigenvalue weighted by molar-refractivity contribution is 5.71. The number of hydrogen-bond acceptors (Lipinski definition) is 3. The minimum Gasteiger partial charge on any atom is -0.481 e. The average molecular weight is 208 g/mol. The maximum Gasteiger partial charge on any atom is 0.308 e. The molecule has 3 atom stereocenters.